The highest BCUT2D eigenvalue weighted by Gasteiger charge is 2.11. The molecule has 1 amide bonds. The molecule has 2 N–H and O–H groups in total. The average molecular weight is 362 g/mol. The molecular weight excluding hydrogens is 340 g/mol. The Kier molecular flexibility index (Phi) is 6.55. The summed E-state index contributed by atoms with van der Waals surface area (Å²) in [6, 6.07) is 13.8. The highest BCUT2D eigenvalue weighted by molar-refractivity contribution is 7.89. The molecule has 2 aromatic rings. The van der Waals surface area contributed by atoms with Crippen LogP contribution in [-0.4, -0.2) is 28.0 Å². The number of hydrogen-bond acceptors (Lipinski definition) is 4. The van der Waals surface area contributed by atoms with Crippen LogP contribution in [0.1, 0.15) is 18.4 Å². The van der Waals surface area contributed by atoms with Crippen molar-refractivity contribution in [3.8, 4) is 5.75 Å². The van der Waals surface area contributed by atoms with Gasteiger partial charge in [0.1, 0.15) is 5.75 Å². The van der Waals surface area contributed by atoms with Crippen molar-refractivity contribution in [1.82, 2.24) is 4.72 Å². The first-order valence-electron chi connectivity index (χ1n) is 7.93. The van der Waals surface area contributed by atoms with Crippen molar-refractivity contribution in [2.24, 2.45) is 0 Å². The lowest BCUT2D eigenvalue weighted by molar-refractivity contribution is -0.116. The van der Waals surface area contributed by atoms with Crippen LogP contribution in [0.4, 0.5) is 5.69 Å². The molecule has 0 unspecified atom stereocenters. The molecule has 2 aromatic carbocycles. The molecule has 0 aliphatic rings. The standard InChI is InChI=1S/C18H22N2O4S/c1-14-5-9-16(10-6-14)24-13-3-4-18(21)20-15-7-11-17(12-8-15)25(22,23)19-2/h5-12,19H,3-4,13H2,1-2H3,(H,20,21). The van der Waals surface area contributed by atoms with Gasteiger partial charge in [-0.3, -0.25) is 4.79 Å². The lowest BCUT2D eigenvalue weighted by atomic mass is 10.2. The van der Waals surface area contributed by atoms with E-state index in [4.69, 9.17) is 4.74 Å². The maximum absolute atomic E-state index is 11.9. The molecule has 7 heteroatoms. The third-order valence-electron chi connectivity index (χ3n) is 3.55. The highest BCUT2D eigenvalue weighted by Crippen LogP contribution is 2.15. The maximum atomic E-state index is 11.9. The van der Waals surface area contributed by atoms with Crippen LogP contribution in [0.2, 0.25) is 0 Å². The first kappa shape index (κ1) is 19.0. The summed E-state index contributed by atoms with van der Waals surface area (Å²) in [6.45, 7) is 2.46. The third-order valence-corrected chi connectivity index (χ3v) is 4.99. The number of sulfonamides is 1. The van der Waals surface area contributed by atoms with Crippen molar-refractivity contribution in [3.05, 3.63) is 54.1 Å². The Bertz CT molecular complexity index is 800. The fraction of sp³-hybridized carbons (Fsp3) is 0.278. The molecule has 2 rings (SSSR count). The normalized spacial score (nSPS) is 11.1. The van der Waals surface area contributed by atoms with Crippen LogP contribution in [0.25, 0.3) is 0 Å². The molecule has 0 atom stereocenters. The summed E-state index contributed by atoms with van der Waals surface area (Å²) in [4.78, 5) is 12.1. The van der Waals surface area contributed by atoms with Crippen molar-refractivity contribution < 1.29 is 17.9 Å². The van der Waals surface area contributed by atoms with Gasteiger partial charge in [0.2, 0.25) is 15.9 Å². The number of amides is 1. The summed E-state index contributed by atoms with van der Waals surface area (Å²) < 4.78 is 31.1. The van der Waals surface area contributed by atoms with Gasteiger partial charge in [0.05, 0.1) is 11.5 Å². The summed E-state index contributed by atoms with van der Waals surface area (Å²) >= 11 is 0. The lowest BCUT2D eigenvalue weighted by Crippen LogP contribution is -2.18. The van der Waals surface area contributed by atoms with Gasteiger partial charge in [-0.05, 0) is 56.8 Å². The number of carbonyl (C=O) groups is 1. The van der Waals surface area contributed by atoms with Crippen LogP contribution >= 0.6 is 0 Å². The second-order valence-electron chi connectivity index (χ2n) is 5.55. The van der Waals surface area contributed by atoms with E-state index in [9.17, 15) is 13.2 Å². The molecule has 0 aliphatic carbocycles. The van der Waals surface area contributed by atoms with Gasteiger partial charge < -0.3 is 10.1 Å². The SMILES string of the molecule is CNS(=O)(=O)c1ccc(NC(=O)CCCOc2ccc(C)cc2)cc1. The van der Waals surface area contributed by atoms with E-state index in [2.05, 4.69) is 10.0 Å². The molecule has 0 radical (unpaired) electrons. The summed E-state index contributed by atoms with van der Waals surface area (Å²) in [5.41, 5.74) is 1.72. The average Bonchev–Trinajstić information content (AvgIpc) is 2.61. The minimum Gasteiger partial charge on any atom is -0.494 e. The Morgan fingerprint density at radius 2 is 1.68 bits per heavy atom. The van der Waals surface area contributed by atoms with Gasteiger partial charge in [-0.2, -0.15) is 0 Å². The third kappa shape index (κ3) is 5.88. The first-order chi connectivity index (χ1) is 11.9. The van der Waals surface area contributed by atoms with E-state index >= 15 is 0 Å². The first-order valence-corrected chi connectivity index (χ1v) is 9.42. The molecule has 0 spiro atoms. The zero-order valence-electron chi connectivity index (χ0n) is 14.3. The van der Waals surface area contributed by atoms with Crippen molar-refractivity contribution in [1.29, 1.82) is 0 Å². The van der Waals surface area contributed by atoms with E-state index < -0.39 is 10.0 Å². The molecule has 0 aliphatic heterocycles. The number of anilines is 1. The van der Waals surface area contributed by atoms with Gasteiger partial charge in [-0.15, -0.1) is 0 Å². The molecule has 0 aromatic heterocycles. The molecule has 0 saturated heterocycles. The van der Waals surface area contributed by atoms with Crippen LogP contribution in [0.15, 0.2) is 53.4 Å². The lowest BCUT2D eigenvalue weighted by Gasteiger charge is -2.08. The molecule has 0 fully saturated rings. The van der Waals surface area contributed by atoms with E-state index in [-0.39, 0.29) is 10.8 Å². The quantitative estimate of drug-likeness (QED) is 0.707. The van der Waals surface area contributed by atoms with E-state index in [1.54, 1.807) is 12.1 Å². The second kappa shape index (κ2) is 8.64. The topological polar surface area (TPSA) is 84.5 Å². The number of rotatable bonds is 8. The van der Waals surface area contributed by atoms with E-state index in [1.165, 1.54) is 24.7 Å². The van der Waals surface area contributed by atoms with Crippen molar-refractivity contribution in [2.45, 2.75) is 24.7 Å². The van der Waals surface area contributed by atoms with Crippen LogP contribution in [0.3, 0.4) is 0 Å². The minimum absolute atomic E-state index is 0.142. The van der Waals surface area contributed by atoms with Crippen LogP contribution < -0.4 is 14.8 Å². The number of ether oxygens (including phenoxy) is 1. The summed E-state index contributed by atoms with van der Waals surface area (Å²) in [7, 11) is -2.12. The van der Waals surface area contributed by atoms with Crippen molar-refractivity contribution in [3.63, 3.8) is 0 Å². The fourth-order valence-electron chi connectivity index (χ4n) is 2.12. The zero-order valence-corrected chi connectivity index (χ0v) is 15.1. The maximum Gasteiger partial charge on any atom is 0.240 e. The van der Waals surface area contributed by atoms with Gasteiger partial charge in [0.15, 0.2) is 0 Å². The molecule has 134 valence electrons. The predicted molar refractivity (Wildman–Crippen MR) is 97.2 cm³/mol. The Hall–Kier alpha value is -2.38. The van der Waals surface area contributed by atoms with Crippen molar-refractivity contribution in [2.75, 3.05) is 19.0 Å². The number of benzene rings is 2. The predicted octanol–water partition coefficient (Wildman–Crippen LogP) is 2.70. The van der Waals surface area contributed by atoms with Crippen LogP contribution in [0, 0.1) is 6.92 Å². The molecule has 25 heavy (non-hydrogen) atoms. The van der Waals surface area contributed by atoms with E-state index in [0.29, 0.717) is 25.1 Å². The summed E-state index contributed by atoms with van der Waals surface area (Å²) in [6.07, 6.45) is 0.911. The van der Waals surface area contributed by atoms with Gasteiger partial charge in [0, 0.05) is 12.1 Å². The summed E-state index contributed by atoms with van der Waals surface area (Å²) in [5, 5.41) is 2.74. The number of nitrogens with one attached hydrogen (secondary N) is 2. The van der Waals surface area contributed by atoms with Gasteiger partial charge >= 0.3 is 0 Å². The molecule has 0 bridgehead atoms. The van der Waals surface area contributed by atoms with Gasteiger partial charge in [-0.1, -0.05) is 17.7 Å². The highest BCUT2D eigenvalue weighted by atomic mass is 32.2. The molecule has 0 heterocycles. The smallest absolute Gasteiger partial charge is 0.240 e. The molecular formula is C18H22N2O4S. The largest absolute Gasteiger partial charge is 0.494 e. The Morgan fingerprint density at radius 3 is 2.28 bits per heavy atom. The zero-order chi connectivity index (χ0) is 18.3. The molecule has 6 nitrogen and oxygen atoms in total. The van der Waals surface area contributed by atoms with E-state index in [0.717, 1.165) is 5.75 Å². The number of aryl methyl sites for hydroxylation is 1. The Labute approximate surface area is 148 Å². The fourth-order valence-corrected chi connectivity index (χ4v) is 2.85. The van der Waals surface area contributed by atoms with Gasteiger partial charge in [0.25, 0.3) is 0 Å². The van der Waals surface area contributed by atoms with Gasteiger partial charge in [-0.25, -0.2) is 13.1 Å². The van der Waals surface area contributed by atoms with Crippen LogP contribution in [-0.2, 0) is 14.8 Å². The van der Waals surface area contributed by atoms with Crippen molar-refractivity contribution >= 4 is 21.6 Å². The summed E-state index contributed by atoms with van der Waals surface area (Å²) in [5.74, 6) is 0.643. The number of hydrogen-bond donors (Lipinski definition) is 2. The van der Waals surface area contributed by atoms with Crippen LogP contribution in [0.5, 0.6) is 5.75 Å². The minimum atomic E-state index is -3.47. The Balaban J connectivity index is 1.75. The second-order valence-corrected chi connectivity index (χ2v) is 7.43. The monoisotopic (exact) mass is 362 g/mol. The molecule has 0 saturated carbocycles. The van der Waals surface area contributed by atoms with E-state index in [1.807, 2.05) is 31.2 Å². The number of carbonyl (C=O) groups excluding carboxylic acids is 1. The Morgan fingerprint density at radius 1 is 1.04 bits per heavy atom.